The molecule has 0 radical (unpaired) electrons. The first-order valence-electron chi connectivity index (χ1n) is 6.77. The Morgan fingerprint density at radius 1 is 1.56 bits per heavy atom. The Morgan fingerprint density at radius 2 is 2.39 bits per heavy atom. The van der Waals surface area contributed by atoms with Gasteiger partial charge in [0.1, 0.15) is 5.82 Å². The summed E-state index contributed by atoms with van der Waals surface area (Å²) in [7, 11) is 0. The van der Waals surface area contributed by atoms with Crippen molar-refractivity contribution in [1.82, 2.24) is 9.88 Å². The third-order valence-electron chi connectivity index (χ3n) is 3.47. The molecule has 1 atom stereocenters. The molecule has 4 heteroatoms. The van der Waals surface area contributed by atoms with E-state index in [9.17, 15) is 4.79 Å². The third kappa shape index (κ3) is 2.63. The Labute approximate surface area is 108 Å². The molecule has 1 aliphatic heterocycles. The monoisotopic (exact) mass is 247 g/mol. The summed E-state index contributed by atoms with van der Waals surface area (Å²) in [6.45, 7) is 5.86. The van der Waals surface area contributed by atoms with Gasteiger partial charge in [-0.2, -0.15) is 0 Å². The predicted molar refractivity (Wildman–Crippen MR) is 72.8 cm³/mol. The summed E-state index contributed by atoms with van der Waals surface area (Å²) >= 11 is 0. The van der Waals surface area contributed by atoms with Crippen molar-refractivity contribution < 1.29 is 4.79 Å². The van der Waals surface area contributed by atoms with E-state index in [1.807, 2.05) is 17.9 Å². The summed E-state index contributed by atoms with van der Waals surface area (Å²) in [5, 5.41) is 3.14. The Hall–Kier alpha value is -1.58. The number of rotatable bonds is 4. The number of carbonyl (C=O) groups excluding carboxylic acids is 1. The fourth-order valence-corrected chi connectivity index (χ4v) is 2.53. The topological polar surface area (TPSA) is 45.2 Å². The number of nitrogens with one attached hydrogen (secondary N) is 1. The van der Waals surface area contributed by atoms with Gasteiger partial charge in [0.05, 0.1) is 0 Å². The van der Waals surface area contributed by atoms with E-state index in [1.54, 1.807) is 12.3 Å². The van der Waals surface area contributed by atoms with Crippen LogP contribution >= 0.6 is 0 Å². The molecule has 4 nitrogen and oxygen atoms in total. The Balaban J connectivity index is 2.15. The standard InChI is InChI=1S/C14H21N3O/c1-3-12-6-5-9-17(12)14(18)11-7-8-16-13(10-11)15-4-2/h7-8,10,12H,3-6,9H2,1-2H3,(H,15,16). The van der Waals surface area contributed by atoms with Crippen LogP contribution in [0.2, 0.25) is 0 Å². The van der Waals surface area contributed by atoms with Gasteiger partial charge in [-0.3, -0.25) is 4.79 Å². The van der Waals surface area contributed by atoms with Gasteiger partial charge < -0.3 is 10.2 Å². The number of hydrogen-bond acceptors (Lipinski definition) is 3. The lowest BCUT2D eigenvalue weighted by molar-refractivity contribution is 0.0733. The molecule has 1 unspecified atom stereocenters. The lowest BCUT2D eigenvalue weighted by Crippen LogP contribution is -2.35. The molecule has 98 valence electrons. The van der Waals surface area contributed by atoms with Crippen molar-refractivity contribution in [3.8, 4) is 0 Å². The van der Waals surface area contributed by atoms with E-state index in [-0.39, 0.29) is 5.91 Å². The average molecular weight is 247 g/mol. The Morgan fingerprint density at radius 3 is 3.11 bits per heavy atom. The number of hydrogen-bond donors (Lipinski definition) is 1. The molecule has 1 N–H and O–H groups in total. The molecule has 0 aliphatic carbocycles. The first kappa shape index (κ1) is 12.9. The summed E-state index contributed by atoms with van der Waals surface area (Å²) in [6.07, 6.45) is 4.99. The highest BCUT2D eigenvalue weighted by Gasteiger charge is 2.27. The van der Waals surface area contributed by atoms with Crippen LogP contribution in [0.1, 0.15) is 43.5 Å². The molecule has 1 amide bonds. The van der Waals surface area contributed by atoms with Crippen molar-refractivity contribution in [3.63, 3.8) is 0 Å². The fraction of sp³-hybridized carbons (Fsp3) is 0.571. The van der Waals surface area contributed by atoms with Gasteiger partial charge in [-0.15, -0.1) is 0 Å². The lowest BCUT2D eigenvalue weighted by Gasteiger charge is -2.23. The summed E-state index contributed by atoms with van der Waals surface area (Å²) in [5.74, 6) is 0.913. The van der Waals surface area contributed by atoms with Crippen LogP contribution in [0.5, 0.6) is 0 Å². The van der Waals surface area contributed by atoms with E-state index in [0.717, 1.165) is 43.7 Å². The fourth-order valence-electron chi connectivity index (χ4n) is 2.53. The first-order valence-corrected chi connectivity index (χ1v) is 6.77. The smallest absolute Gasteiger partial charge is 0.254 e. The third-order valence-corrected chi connectivity index (χ3v) is 3.47. The molecule has 1 aromatic rings. The predicted octanol–water partition coefficient (Wildman–Crippen LogP) is 2.53. The van der Waals surface area contributed by atoms with Gasteiger partial charge in [0, 0.05) is 30.9 Å². The van der Waals surface area contributed by atoms with Crippen LogP contribution in [0.25, 0.3) is 0 Å². The van der Waals surface area contributed by atoms with E-state index in [2.05, 4.69) is 17.2 Å². The van der Waals surface area contributed by atoms with E-state index < -0.39 is 0 Å². The highest BCUT2D eigenvalue weighted by molar-refractivity contribution is 5.95. The highest BCUT2D eigenvalue weighted by atomic mass is 16.2. The van der Waals surface area contributed by atoms with E-state index in [0.29, 0.717) is 6.04 Å². The molecule has 0 bridgehead atoms. The number of amides is 1. The number of aromatic nitrogens is 1. The zero-order valence-electron chi connectivity index (χ0n) is 11.1. The largest absolute Gasteiger partial charge is 0.370 e. The summed E-state index contributed by atoms with van der Waals surface area (Å²) < 4.78 is 0. The number of carbonyl (C=O) groups is 1. The van der Waals surface area contributed by atoms with Crippen LogP contribution < -0.4 is 5.32 Å². The van der Waals surface area contributed by atoms with Crippen LogP contribution in [-0.2, 0) is 0 Å². The molecule has 1 aliphatic rings. The van der Waals surface area contributed by atoms with Gasteiger partial charge in [0.2, 0.25) is 0 Å². The van der Waals surface area contributed by atoms with Crippen molar-refractivity contribution in [2.24, 2.45) is 0 Å². The molecule has 2 rings (SSSR count). The maximum Gasteiger partial charge on any atom is 0.254 e. The van der Waals surface area contributed by atoms with Crippen LogP contribution in [0.15, 0.2) is 18.3 Å². The van der Waals surface area contributed by atoms with Gasteiger partial charge >= 0.3 is 0 Å². The van der Waals surface area contributed by atoms with Crippen molar-refractivity contribution in [1.29, 1.82) is 0 Å². The normalized spacial score (nSPS) is 19.0. The average Bonchev–Trinajstić information content (AvgIpc) is 2.87. The minimum absolute atomic E-state index is 0.140. The highest BCUT2D eigenvalue weighted by Crippen LogP contribution is 2.22. The molecule has 0 saturated carbocycles. The molecule has 18 heavy (non-hydrogen) atoms. The SMILES string of the molecule is CCNc1cc(C(=O)N2CCCC2CC)ccn1. The molecule has 1 fully saturated rings. The van der Waals surface area contributed by atoms with Crippen molar-refractivity contribution in [2.45, 2.75) is 39.2 Å². The zero-order chi connectivity index (χ0) is 13.0. The quantitative estimate of drug-likeness (QED) is 0.889. The maximum atomic E-state index is 12.4. The van der Waals surface area contributed by atoms with Crippen molar-refractivity contribution in [2.75, 3.05) is 18.4 Å². The van der Waals surface area contributed by atoms with E-state index in [1.165, 1.54) is 0 Å². The van der Waals surface area contributed by atoms with Gasteiger partial charge in [0.15, 0.2) is 0 Å². The van der Waals surface area contributed by atoms with Gasteiger partial charge in [-0.25, -0.2) is 4.98 Å². The Bertz CT molecular complexity index is 419. The first-order chi connectivity index (χ1) is 8.76. The molecule has 2 heterocycles. The van der Waals surface area contributed by atoms with Gasteiger partial charge in [-0.1, -0.05) is 6.92 Å². The second-order valence-corrected chi connectivity index (χ2v) is 4.66. The van der Waals surface area contributed by atoms with Gasteiger partial charge in [0.25, 0.3) is 5.91 Å². The number of anilines is 1. The summed E-state index contributed by atoms with van der Waals surface area (Å²) in [4.78, 5) is 18.6. The van der Waals surface area contributed by atoms with E-state index >= 15 is 0 Å². The maximum absolute atomic E-state index is 12.4. The summed E-state index contributed by atoms with van der Waals surface area (Å²) in [5.41, 5.74) is 0.737. The van der Waals surface area contributed by atoms with Crippen LogP contribution in [0.4, 0.5) is 5.82 Å². The minimum atomic E-state index is 0.140. The molecular formula is C14H21N3O. The number of pyridine rings is 1. The van der Waals surface area contributed by atoms with E-state index in [4.69, 9.17) is 0 Å². The lowest BCUT2D eigenvalue weighted by atomic mass is 10.1. The molecule has 0 spiro atoms. The van der Waals surface area contributed by atoms with Gasteiger partial charge in [-0.05, 0) is 38.3 Å². The van der Waals surface area contributed by atoms with Crippen LogP contribution in [0.3, 0.4) is 0 Å². The zero-order valence-corrected chi connectivity index (χ0v) is 11.1. The van der Waals surface area contributed by atoms with Crippen molar-refractivity contribution >= 4 is 11.7 Å². The number of likely N-dealkylation sites (tertiary alicyclic amines) is 1. The Kier molecular flexibility index (Phi) is 4.18. The second kappa shape index (κ2) is 5.85. The molecule has 1 aromatic heterocycles. The summed E-state index contributed by atoms with van der Waals surface area (Å²) in [6, 6.07) is 4.05. The van der Waals surface area contributed by atoms with Crippen molar-refractivity contribution in [3.05, 3.63) is 23.9 Å². The number of nitrogens with zero attached hydrogens (tertiary/aromatic N) is 2. The molecule has 0 aromatic carbocycles. The second-order valence-electron chi connectivity index (χ2n) is 4.66. The van der Waals surface area contributed by atoms with Crippen LogP contribution in [-0.4, -0.2) is 34.9 Å². The minimum Gasteiger partial charge on any atom is -0.370 e. The molecular weight excluding hydrogens is 226 g/mol. The van der Waals surface area contributed by atoms with Crippen LogP contribution in [0, 0.1) is 0 Å². The molecule has 1 saturated heterocycles.